The third-order valence-corrected chi connectivity index (χ3v) is 6.17. The number of carbonyl (C=O) groups excluding carboxylic acids is 3. The number of nitrogens with two attached hydrogens (primary N) is 1. The molecule has 0 aliphatic heterocycles. The molecule has 0 saturated heterocycles. The Kier molecular flexibility index (Phi) is 11.3. The number of aliphatic carboxylic acids is 1. The van der Waals surface area contributed by atoms with Gasteiger partial charge in [0.2, 0.25) is 17.7 Å². The van der Waals surface area contributed by atoms with Crippen LogP contribution in [0.1, 0.15) is 38.8 Å². The molecule has 0 aliphatic carbocycles. The second-order valence-corrected chi connectivity index (χ2v) is 10.0. The van der Waals surface area contributed by atoms with Gasteiger partial charge in [0.25, 0.3) is 0 Å². The highest BCUT2D eigenvalue weighted by Gasteiger charge is 2.32. The van der Waals surface area contributed by atoms with Crippen molar-refractivity contribution < 1.29 is 29.4 Å². The molecule has 0 heterocycles. The van der Waals surface area contributed by atoms with Crippen molar-refractivity contribution in [2.75, 3.05) is 0 Å². The highest BCUT2D eigenvalue weighted by molar-refractivity contribution is 5.94. The first-order valence-electron chi connectivity index (χ1n) is 12.6. The Labute approximate surface area is 223 Å². The van der Waals surface area contributed by atoms with E-state index in [1.54, 1.807) is 64.1 Å². The third-order valence-electron chi connectivity index (χ3n) is 6.17. The molecule has 0 aromatic heterocycles. The quantitative estimate of drug-likeness (QED) is 0.229. The van der Waals surface area contributed by atoms with E-state index in [1.165, 1.54) is 12.1 Å². The van der Waals surface area contributed by atoms with E-state index in [-0.39, 0.29) is 30.4 Å². The number of amides is 3. The maximum Gasteiger partial charge on any atom is 0.326 e. The van der Waals surface area contributed by atoms with E-state index >= 15 is 0 Å². The fourth-order valence-corrected chi connectivity index (χ4v) is 3.75. The maximum absolute atomic E-state index is 13.4. The lowest BCUT2D eigenvalue weighted by atomic mass is 9.99. The van der Waals surface area contributed by atoms with Crippen LogP contribution in [0.25, 0.3) is 0 Å². The molecule has 7 N–H and O–H groups in total. The van der Waals surface area contributed by atoms with Gasteiger partial charge in [-0.3, -0.25) is 14.4 Å². The minimum atomic E-state index is -1.20. The van der Waals surface area contributed by atoms with Gasteiger partial charge in [-0.2, -0.15) is 0 Å². The normalized spacial score (nSPS) is 14.3. The fraction of sp³-hybridized carbons (Fsp3) is 0.429. The Hall–Kier alpha value is -3.92. The number of benzene rings is 2. The van der Waals surface area contributed by atoms with Gasteiger partial charge in [0.05, 0.1) is 6.04 Å². The summed E-state index contributed by atoms with van der Waals surface area (Å²) in [6.07, 6.45) is 0.161. The second kappa shape index (κ2) is 14.1. The van der Waals surface area contributed by atoms with E-state index in [4.69, 9.17) is 5.73 Å². The standard InChI is InChI=1S/C28H38N4O6/c1-16(2)23(29)26(35)30-21(14-19-10-12-20(33)13-11-19)25(34)32-24(17(3)4)27(36)31-22(28(37)38)15-18-8-6-5-7-9-18/h5-13,16-17,21-24,33H,14-15,29H2,1-4H3,(H,30,35)(H,31,36)(H,32,34)(H,37,38). The van der Waals surface area contributed by atoms with Gasteiger partial charge >= 0.3 is 5.97 Å². The fourth-order valence-electron chi connectivity index (χ4n) is 3.75. The van der Waals surface area contributed by atoms with Gasteiger partial charge in [-0.25, -0.2) is 4.79 Å². The van der Waals surface area contributed by atoms with Crippen LogP contribution in [-0.2, 0) is 32.0 Å². The summed E-state index contributed by atoms with van der Waals surface area (Å²) in [5.74, 6) is -3.47. The van der Waals surface area contributed by atoms with Gasteiger partial charge < -0.3 is 31.9 Å². The first-order valence-corrected chi connectivity index (χ1v) is 12.6. The number of carboxylic acid groups (broad SMARTS) is 1. The average Bonchev–Trinajstić information content (AvgIpc) is 2.87. The Balaban J connectivity index is 2.21. The lowest BCUT2D eigenvalue weighted by molar-refractivity contribution is -0.142. The topological polar surface area (TPSA) is 171 Å². The molecule has 10 nitrogen and oxygen atoms in total. The summed E-state index contributed by atoms with van der Waals surface area (Å²) in [6.45, 7) is 7.01. The number of carboxylic acids is 1. The maximum atomic E-state index is 13.4. The molecule has 10 heteroatoms. The molecule has 2 aromatic carbocycles. The van der Waals surface area contributed by atoms with Crippen LogP contribution >= 0.6 is 0 Å². The summed E-state index contributed by atoms with van der Waals surface area (Å²) >= 11 is 0. The number of carbonyl (C=O) groups is 4. The molecule has 4 unspecified atom stereocenters. The second-order valence-electron chi connectivity index (χ2n) is 10.0. The first-order chi connectivity index (χ1) is 17.9. The van der Waals surface area contributed by atoms with Crippen LogP contribution < -0.4 is 21.7 Å². The minimum absolute atomic E-state index is 0.0562. The van der Waals surface area contributed by atoms with Gasteiger partial charge in [-0.05, 0) is 35.1 Å². The molecule has 0 bridgehead atoms. The number of phenols is 1. The summed E-state index contributed by atoms with van der Waals surface area (Å²) in [5.41, 5.74) is 7.38. The van der Waals surface area contributed by atoms with Crippen LogP contribution in [0.4, 0.5) is 0 Å². The molecule has 0 fully saturated rings. The van der Waals surface area contributed by atoms with Crippen molar-refractivity contribution in [2.45, 2.75) is 64.7 Å². The van der Waals surface area contributed by atoms with E-state index in [2.05, 4.69) is 16.0 Å². The molecule has 4 atom stereocenters. The number of nitrogens with one attached hydrogen (secondary N) is 3. The van der Waals surface area contributed by atoms with Crippen LogP contribution in [0, 0.1) is 11.8 Å². The molecule has 206 valence electrons. The molecule has 0 spiro atoms. The molecule has 2 rings (SSSR count). The predicted octanol–water partition coefficient (Wildman–Crippen LogP) is 1.36. The SMILES string of the molecule is CC(C)C(N)C(=O)NC(Cc1ccc(O)cc1)C(=O)NC(C(=O)NC(Cc1ccccc1)C(=O)O)C(C)C. The molecule has 3 amide bonds. The largest absolute Gasteiger partial charge is 0.508 e. The van der Waals surface area contributed by atoms with Crippen LogP contribution in [0.15, 0.2) is 54.6 Å². The van der Waals surface area contributed by atoms with Crippen molar-refractivity contribution in [3.05, 3.63) is 65.7 Å². The minimum Gasteiger partial charge on any atom is -0.508 e. The molecular formula is C28H38N4O6. The molecule has 0 saturated carbocycles. The summed E-state index contributed by atoms with van der Waals surface area (Å²) in [5, 5.41) is 27.1. The van der Waals surface area contributed by atoms with E-state index in [0.717, 1.165) is 5.56 Å². The van der Waals surface area contributed by atoms with Crippen molar-refractivity contribution in [1.29, 1.82) is 0 Å². The van der Waals surface area contributed by atoms with Crippen LogP contribution in [-0.4, -0.2) is 58.1 Å². The molecule has 38 heavy (non-hydrogen) atoms. The van der Waals surface area contributed by atoms with Gasteiger partial charge in [-0.1, -0.05) is 70.2 Å². The number of hydrogen-bond donors (Lipinski definition) is 6. The summed E-state index contributed by atoms with van der Waals surface area (Å²) in [7, 11) is 0. The molecule has 0 aliphatic rings. The van der Waals surface area contributed by atoms with Crippen molar-refractivity contribution >= 4 is 23.7 Å². The van der Waals surface area contributed by atoms with E-state index in [0.29, 0.717) is 5.56 Å². The zero-order valence-electron chi connectivity index (χ0n) is 22.2. The first kappa shape index (κ1) is 30.3. The monoisotopic (exact) mass is 526 g/mol. The predicted molar refractivity (Wildman–Crippen MR) is 143 cm³/mol. The van der Waals surface area contributed by atoms with Crippen LogP contribution in [0.3, 0.4) is 0 Å². The Morgan fingerprint density at radius 2 is 1.24 bits per heavy atom. The van der Waals surface area contributed by atoms with Crippen molar-refractivity contribution in [3.8, 4) is 5.75 Å². The zero-order valence-corrected chi connectivity index (χ0v) is 22.2. The third kappa shape index (κ3) is 9.19. The molecular weight excluding hydrogens is 488 g/mol. The van der Waals surface area contributed by atoms with Gasteiger partial charge in [0.15, 0.2) is 0 Å². The van der Waals surface area contributed by atoms with Crippen LogP contribution in [0.5, 0.6) is 5.75 Å². The number of hydrogen-bond acceptors (Lipinski definition) is 6. The summed E-state index contributed by atoms with van der Waals surface area (Å²) in [6, 6.07) is 10.9. The molecule has 0 radical (unpaired) electrons. The molecule has 2 aromatic rings. The smallest absolute Gasteiger partial charge is 0.326 e. The van der Waals surface area contributed by atoms with Crippen molar-refractivity contribution in [1.82, 2.24) is 16.0 Å². The van der Waals surface area contributed by atoms with Gasteiger partial charge in [-0.15, -0.1) is 0 Å². The number of rotatable bonds is 13. The summed E-state index contributed by atoms with van der Waals surface area (Å²) < 4.78 is 0. The summed E-state index contributed by atoms with van der Waals surface area (Å²) in [4.78, 5) is 51.0. The van der Waals surface area contributed by atoms with E-state index in [1.807, 2.05) is 6.07 Å². The van der Waals surface area contributed by atoms with Crippen molar-refractivity contribution in [3.63, 3.8) is 0 Å². The van der Waals surface area contributed by atoms with Gasteiger partial charge in [0, 0.05) is 12.8 Å². The van der Waals surface area contributed by atoms with E-state index in [9.17, 15) is 29.4 Å². The zero-order chi connectivity index (χ0) is 28.4. The average molecular weight is 527 g/mol. The van der Waals surface area contributed by atoms with Gasteiger partial charge in [0.1, 0.15) is 23.9 Å². The van der Waals surface area contributed by atoms with Crippen LogP contribution in [0.2, 0.25) is 0 Å². The number of phenolic OH excluding ortho intramolecular Hbond substituents is 1. The van der Waals surface area contributed by atoms with Crippen molar-refractivity contribution in [2.24, 2.45) is 17.6 Å². The number of aromatic hydroxyl groups is 1. The lowest BCUT2D eigenvalue weighted by Crippen LogP contribution is -2.59. The lowest BCUT2D eigenvalue weighted by Gasteiger charge is -2.27. The Morgan fingerprint density at radius 1 is 0.711 bits per heavy atom. The Morgan fingerprint density at radius 3 is 1.76 bits per heavy atom. The highest BCUT2D eigenvalue weighted by Crippen LogP contribution is 2.13. The van der Waals surface area contributed by atoms with E-state index < -0.39 is 47.9 Å². The highest BCUT2D eigenvalue weighted by atomic mass is 16.4. The Bertz CT molecular complexity index is 1090.